The number of nitrogens with zero attached hydrogens (tertiary/aromatic N) is 1. The maximum atomic E-state index is 11.3. The van der Waals surface area contributed by atoms with Gasteiger partial charge in [-0.05, 0) is 30.7 Å². The average molecular weight is 296 g/mol. The number of aryl methyl sites for hydroxylation is 1. The molecule has 0 spiro atoms. The van der Waals surface area contributed by atoms with E-state index in [9.17, 15) is 8.42 Å². The van der Waals surface area contributed by atoms with Gasteiger partial charge in [-0.3, -0.25) is 0 Å². The fourth-order valence-electron chi connectivity index (χ4n) is 1.61. The topological polar surface area (TPSA) is 59.1 Å². The maximum absolute atomic E-state index is 11.3. The molecule has 2 aromatic rings. The first kappa shape index (κ1) is 14.0. The summed E-state index contributed by atoms with van der Waals surface area (Å²) in [5.74, 6) is 0. The molecule has 2 rings (SSSR count). The van der Waals surface area contributed by atoms with E-state index in [2.05, 4.69) is 17.2 Å². The zero-order valence-electron chi connectivity index (χ0n) is 10.9. The second kappa shape index (κ2) is 5.71. The van der Waals surface area contributed by atoms with Gasteiger partial charge in [0.2, 0.25) is 0 Å². The summed E-state index contributed by atoms with van der Waals surface area (Å²) in [7, 11) is -3.13. The highest BCUT2D eigenvalue weighted by Gasteiger charge is 2.06. The molecule has 0 fully saturated rings. The van der Waals surface area contributed by atoms with Gasteiger partial charge in [-0.2, -0.15) is 0 Å². The fourth-order valence-corrected chi connectivity index (χ4v) is 2.98. The normalized spacial score (nSPS) is 11.5. The van der Waals surface area contributed by atoms with Crippen molar-refractivity contribution in [1.29, 1.82) is 0 Å². The molecule has 6 heteroatoms. The van der Waals surface area contributed by atoms with Crippen LogP contribution in [0.15, 0.2) is 34.5 Å². The van der Waals surface area contributed by atoms with E-state index in [0.717, 1.165) is 22.8 Å². The van der Waals surface area contributed by atoms with Crippen molar-refractivity contribution >= 4 is 26.9 Å². The van der Waals surface area contributed by atoms with Crippen molar-refractivity contribution in [2.75, 3.05) is 11.6 Å². The lowest BCUT2D eigenvalue weighted by Gasteiger charge is -2.05. The second-order valence-corrected chi connectivity index (χ2v) is 7.19. The number of rotatable bonds is 5. The second-order valence-electron chi connectivity index (χ2n) is 4.24. The molecule has 1 heterocycles. The highest BCUT2D eigenvalue weighted by Crippen LogP contribution is 2.16. The Morgan fingerprint density at radius 2 is 1.95 bits per heavy atom. The lowest BCUT2D eigenvalue weighted by Crippen LogP contribution is -2.01. The summed E-state index contributed by atoms with van der Waals surface area (Å²) in [5, 5.41) is 6.39. The van der Waals surface area contributed by atoms with Crippen LogP contribution in [-0.2, 0) is 22.8 Å². The van der Waals surface area contributed by atoms with Crippen molar-refractivity contribution in [3.8, 4) is 0 Å². The van der Waals surface area contributed by atoms with Crippen molar-refractivity contribution in [2.24, 2.45) is 0 Å². The van der Waals surface area contributed by atoms with E-state index in [1.807, 2.05) is 5.38 Å². The number of aromatic nitrogens is 1. The number of anilines is 1. The summed E-state index contributed by atoms with van der Waals surface area (Å²) >= 11 is 1.66. The number of nitrogens with one attached hydrogen (secondary N) is 1. The van der Waals surface area contributed by atoms with Gasteiger partial charge in [-0.15, -0.1) is 11.3 Å². The molecule has 0 amide bonds. The lowest BCUT2D eigenvalue weighted by molar-refractivity contribution is 0.602. The Hall–Kier alpha value is -1.40. The molecule has 1 aromatic heterocycles. The molecule has 19 heavy (non-hydrogen) atoms. The molecule has 0 radical (unpaired) electrons. The van der Waals surface area contributed by atoms with Crippen LogP contribution in [0.2, 0.25) is 0 Å². The number of benzene rings is 1. The van der Waals surface area contributed by atoms with Gasteiger partial charge in [-0.1, -0.05) is 6.92 Å². The molecule has 0 aliphatic heterocycles. The maximum Gasteiger partial charge on any atom is 0.175 e. The van der Waals surface area contributed by atoms with Crippen LogP contribution in [-0.4, -0.2) is 19.7 Å². The van der Waals surface area contributed by atoms with Crippen LogP contribution in [0.1, 0.15) is 17.6 Å². The first-order chi connectivity index (χ1) is 8.99. The smallest absolute Gasteiger partial charge is 0.175 e. The van der Waals surface area contributed by atoms with Gasteiger partial charge in [0.15, 0.2) is 9.84 Å². The molecule has 0 saturated carbocycles. The molecule has 0 bridgehead atoms. The summed E-state index contributed by atoms with van der Waals surface area (Å²) in [6.07, 6.45) is 2.16. The molecule has 0 aliphatic rings. The highest BCUT2D eigenvalue weighted by atomic mass is 32.2. The lowest BCUT2D eigenvalue weighted by atomic mass is 10.3. The van der Waals surface area contributed by atoms with Gasteiger partial charge in [0, 0.05) is 17.3 Å². The van der Waals surface area contributed by atoms with E-state index in [1.165, 1.54) is 6.26 Å². The predicted molar refractivity (Wildman–Crippen MR) is 78.4 cm³/mol. The molecule has 0 atom stereocenters. The van der Waals surface area contributed by atoms with Gasteiger partial charge in [0.25, 0.3) is 0 Å². The van der Waals surface area contributed by atoms with Crippen LogP contribution in [0.5, 0.6) is 0 Å². The third-order valence-electron chi connectivity index (χ3n) is 2.66. The van der Waals surface area contributed by atoms with Crippen LogP contribution in [0.4, 0.5) is 5.69 Å². The Kier molecular flexibility index (Phi) is 4.21. The van der Waals surface area contributed by atoms with Crippen LogP contribution in [0, 0.1) is 0 Å². The van der Waals surface area contributed by atoms with E-state index >= 15 is 0 Å². The third-order valence-corrected chi connectivity index (χ3v) is 4.83. The average Bonchev–Trinajstić information content (AvgIpc) is 2.84. The van der Waals surface area contributed by atoms with Crippen molar-refractivity contribution < 1.29 is 8.42 Å². The molecular weight excluding hydrogens is 280 g/mol. The molecule has 0 unspecified atom stereocenters. The van der Waals surface area contributed by atoms with Gasteiger partial charge in [0.1, 0.15) is 0 Å². The molecular formula is C13H16N2O2S2. The predicted octanol–water partition coefficient (Wildman–Crippen LogP) is 2.72. The minimum absolute atomic E-state index is 0.333. The Bertz CT molecular complexity index is 646. The SMILES string of the molecule is CCc1nc(CNc2ccc(S(C)(=O)=O)cc2)cs1. The number of thiazole rings is 1. The van der Waals surface area contributed by atoms with E-state index in [4.69, 9.17) is 0 Å². The number of sulfone groups is 1. The molecule has 0 aliphatic carbocycles. The summed E-state index contributed by atoms with van der Waals surface area (Å²) in [6.45, 7) is 2.73. The van der Waals surface area contributed by atoms with Crippen LogP contribution >= 0.6 is 11.3 Å². The van der Waals surface area contributed by atoms with Gasteiger partial charge in [-0.25, -0.2) is 13.4 Å². The molecule has 4 nitrogen and oxygen atoms in total. The summed E-state index contributed by atoms with van der Waals surface area (Å²) in [5.41, 5.74) is 1.90. The van der Waals surface area contributed by atoms with Crippen molar-refractivity contribution in [1.82, 2.24) is 4.98 Å². The highest BCUT2D eigenvalue weighted by molar-refractivity contribution is 7.90. The zero-order valence-corrected chi connectivity index (χ0v) is 12.5. The number of hydrogen-bond acceptors (Lipinski definition) is 5. The largest absolute Gasteiger partial charge is 0.379 e. The minimum Gasteiger partial charge on any atom is -0.379 e. The minimum atomic E-state index is -3.13. The van der Waals surface area contributed by atoms with Crippen molar-refractivity contribution in [3.05, 3.63) is 40.3 Å². The fraction of sp³-hybridized carbons (Fsp3) is 0.308. The summed E-state index contributed by atoms with van der Waals surface area (Å²) in [6, 6.07) is 6.75. The van der Waals surface area contributed by atoms with Crippen LogP contribution in [0.3, 0.4) is 0 Å². The van der Waals surface area contributed by atoms with Crippen LogP contribution < -0.4 is 5.32 Å². The van der Waals surface area contributed by atoms with E-state index in [-0.39, 0.29) is 0 Å². The zero-order chi connectivity index (χ0) is 13.9. The monoisotopic (exact) mass is 296 g/mol. The number of hydrogen-bond donors (Lipinski definition) is 1. The quantitative estimate of drug-likeness (QED) is 0.921. The van der Waals surface area contributed by atoms with Crippen molar-refractivity contribution in [2.45, 2.75) is 24.8 Å². The Morgan fingerprint density at radius 3 is 2.47 bits per heavy atom. The van der Waals surface area contributed by atoms with E-state index in [0.29, 0.717) is 11.4 Å². The molecule has 1 N–H and O–H groups in total. The third kappa shape index (κ3) is 3.78. The molecule has 0 saturated heterocycles. The Labute approximate surface area is 117 Å². The first-order valence-electron chi connectivity index (χ1n) is 5.96. The Morgan fingerprint density at radius 1 is 1.26 bits per heavy atom. The first-order valence-corrected chi connectivity index (χ1v) is 8.73. The van der Waals surface area contributed by atoms with Crippen LogP contribution in [0.25, 0.3) is 0 Å². The summed E-state index contributed by atoms with van der Waals surface area (Å²) < 4.78 is 22.7. The molecule has 1 aromatic carbocycles. The standard InChI is InChI=1S/C13H16N2O2S2/c1-3-13-15-11(9-18-13)8-14-10-4-6-12(7-5-10)19(2,16)17/h4-7,9,14H,3,8H2,1-2H3. The van der Waals surface area contributed by atoms with Gasteiger partial charge < -0.3 is 5.32 Å². The van der Waals surface area contributed by atoms with Gasteiger partial charge in [0.05, 0.1) is 22.1 Å². The van der Waals surface area contributed by atoms with E-state index in [1.54, 1.807) is 35.6 Å². The van der Waals surface area contributed by atoms with E-state index < -0.39 is 9.84 Å². The van der Waals surface area contributed by atoms with Crippen molar-refractivity contribution in [3.63, 3.8) is 0 Å². The molecule has 102 valence electrons. The summed E-state index contributed by atoms with van der Waals surface area (Å²) in [4.78, 5) is 4.79. The Balaban J connectivity index is 2.00. The van der Waals surface area contributed by atoms with Gasteiger partial charge >= 0.3 is 0 Å².